The quantitative estimate of drug-likeness (QED) is 0.677. The van der Waals surface area contributed by atoms with Crippen LogP contribution in [-0.4, -0.2) is 16.5 Å². The predicted molar refractivity (Wildman–Crippen MR) is 65.4 cm³/mol. The highest BCUT2D eigenvalue weighted by molar-refractivity contribution is 7.22. The number of non-ortho nitro benzene ring substituents is 1. The van der Waals surface area contributed by atoms with Gasteiger partial charge in [-0.2, -0.15) is 0 Å². The number of thiazole rings is 1. The molecule has 16 heavy (non-hydrogen) atoms. The summed E-state index contributed by atoms with van der Waals surface area (Å²) in [6, 6.07) is 3.00. The van der Waals surface area contributed by atoms with E-state index >= 15 is 0 Å². The number of hydrogen-bond acceptors (Lipinski definition) is 5. The highest BCUT2D eigenvalue weighted by Crippen LogP contribution is 2.34. The van der Waals surface area contributed by atoms with Gasteiger partial charge in [-0.25, -0.2) is 4.98 Å². The van der Waals surface area contributed by atoms with Crippen molar-refractivity contribution in [3.05, 3.63) is 27.3 Å². The minimum absolute atomic E-state index is 0.0529. The van der Waals surface area contributed by atoms with Gasteiger partial charge >= 0.3 is 0 Å². The van der Waals surface area contributed by atoms with Gasteiger partial charge in [0.1, 0.15) is 0 Å². The summed E-state index contributed by atoms with van der Waals surface area (Å²) >= 11 is 7.16. The van der Waals surface area contributed by atoms with Crippen LogP contribution in [0.1, 0.15) is 6.92 Å². The second-order valence-electron chi connectivity index (χ2n) is 3.08. The summed E-state index contributed by atoms with van der Waals surface area (Å²) in [4.78, 5) is 14.5. The number of benzene rings is 1. The summed E-state index contributed by atoms with van der Waals surface area (Å²) in [5.41, 5.74) is 0.332. The third-order valence-corrected chi connectivity index (χ3v) is 3.14. The predicted octanol–water partition coefficient (Wildman–Crippen LogP) is 3.29. The molecule has 1 aromatic carbocycles. The first kappa shape index (κ1) is 11.1. The first-order valence-electron chi connectivity index (χ1n) is 4.60. The van der Waals surface area contributed by atoms with Crippen molar-refractivity contribution in [1.82, 2.24) is 4.98 Å². The Morgan fingerprint density at radius 1 is 1.62 bits per heavy atom. The van der Waals surface area contributed by atoms with Crippen LogP contribution in [0, 0.1) is 10.1 Å². The Labute approximate surface area is 100 Å². The second kappa shape index (κ2) is 4.23. The molecule has 0 aliphatic heterocycles. The Bertz CT molecular complexity index is 555. The zero-order valence-electron chi connectivity index (χ0n) is 8.36. The van der Waals surface area contributed by atoms with Gasteiger partial charge in [-0.1, -0.05) is 22.9 Å². The zero-order valence-corrected chi connectivity index (χ0v) is 9.93. The van der Waals surface area contributed by atoms with Crippen molar-refractivity contribution in [1.29, 1.82) is 0 Å². The third kappa shape index (κ3) is 1.94. The largest absolute Gasteiger partial charge is 0.362 e. The van der Waals surface area contributed by atoms with Gasteiger partial charge in [0.2, 0.25) is 0 Å². The van der Waals surface area contributed by atoms with Crippen LogP contribution in [0.2, 0.25) is 5.02 Å². The fourth-order valence-electron chi connectivity index (χ4n) is 1.35. The van der Waals surface area contributed by atoms with Gasteiger partial charge < -0.3 is 5.32 Å². The van der Waals surface area contributed by atoms with Gasteiger partial charge in [0.25, 0.3) is 5.69 Å². The Morgan fingerprint density at radius 2 is 2.38 bits per heavy atom. The van der Waals surface area contributed by atoms with Crippen molar-refractivity contribution in [2.24, 2.45) is 0 Å². The summed E-state index contributed by atoms with van der Waals surface area (Å²) < 4.78 is 0.718. The van der Waals surface area contributed by atoms with E-state index < -0.39 is 4.92 Å². The van der Waals surface area contributed by atoms with Crippen LogP contribution in [0.25, 0.3) is 10.2 Å². The average molecular weight is 258 g/mol. The van der Waals surface area contributed by atoms with E-state index in [0.717, 1.165) is 11.2 Å². The zero-order chi connectivity index (χ0) is 11.7. The summed E-state index contributed by atoms with van der Waals surface area (Å²) in [6.45, 7) is 2.66. The number of nitro benzene ring substituents is 1. The molecule has 0 spiro atoms. The summed E-state index contributed by atoms with van der Waals surface area (Å²) in [7, 11) is 0. The number of fused-ring (bicyclic) bond motifs is 1. The van der Waals surface area contributed by atoms with Crippen LogP contribution < -0.4 is 5.32 Å². The van der Waals surface area contributed by atoms with E-state index in [2.05, 4.69) is 10.3 Å². The molecule has 0 aliphatic carbocycles. The highest BCUT2D eigenvalue weighted by atomic mass is 35.5. The maximum atomic E-state index is 10.8. The Hall–Kier alpha value is -1.40. The fourth-order valence-corrected chi connectivity index (χ4v) is 2.62. The lowest BCUT2D eigenvalue weighted by Crippen LogP contribution is -1.95. The van der Waals surface area contributed by atoms with E-state index in [4.69, 9.17) is 11.6 Å². The van der Waals surface area contributed by atoms with Gasteiger partial charge in [0, 0.05) is 17.6 Å². The number of nitrogens with zero attached hydrogens (tertiary/aromatic N) is 2. The van der Waals surface area contributed by atoms with E-state index in [9.17, 15) is 10.1 Å². The normalized spacial score (nSPS) is 10.6. The first-order chi connectivity index (χ1) is 7.61. The van der Waals surface area contributed by atoms with E-state index in [1.165, 1.54) is 17.4 Å². The van der Waals surface area contributed by atoms with E-state index in [0.29, 0.717) is 15.7 Å². The topological polar surface area (TPSA) is 68.1 Å². The molecule has 0 aliphatic rings. The maximum absolute atomic E-state index is 10.8. The van der Waals surface area contributed by atoms with E-state index in [1.54, 1.807) is 6.07 Å². The Morgan fingerprint density at radius 3 is 3.00 bits per heavy atom. The van der Waals surface area contributed by atoms with Gasteiger partial charge in [-0.3, -0.25) is 10.1 Å². The Kier molecular flexibility index (Phi) is 2.93. The number of hydrogen-bond donors (Lipinski definition) is 1. The molecule has 0 unspecified atom stereocenters. The fraction of sp³-hybridized carbons (Fsp3) is 0.222. The molecular weight excluding hydrogens is 250 g/mol. The van der Waals surface area contributed by atoms with E-state index in [1.807, 2.05) is 6.92 Å². The second-order valence-corrected chi connectivity index (χ2v) is 4.55. The molecule has 1 N–H and O–H groups in total. The van der Waals surface area contributed by atoms with Gasteiger partial charge in [0.15, 0.2) is 10.6 Å². The van der Waals surface area contributed by atoms with Crippen LogP contribution in [0.4, 0.5) is 10.8 Å². The molecule has 2 rings (SSSR count). The van der Waals surface area contributed by atoms with Crippen molar-refractivity contribution >= 4 is 44.0 Å². The smallest absolute Gasteiger partial charge is 0.297 e. The summed E-state index contributed by atoms with van der Waals surface area (Å²) in [5.74, 6) is 0. The van der Waals surface area contributed by atoms with Crippen molar-refractivity contribution in [2.45, 2.75) is 6.92 Å². The SMILES string of the molecule is CCNc1nc2c([N+](=O)[O-])cc(Cl)cc2s1. The maximum Gasteiger partial charge on any atom is 0.297 e. The monoisotopic (exact) mass is 257 g/mol. The molecule has 0 saturated heterocycles. The molecule has 1 heterocycles. The minimum atomic E-state index is -0.469. The van der Waals surface area contributed by atoms with Crippen molar-refractivity contribution < 1.29 is 4.92 Å². The molecule has 0 saturated carbocycles. The van der Waals surface area contributed by atoms with Gasteiger partial charge in [0.05, 0.1) is 9.62 Å². The van der Waals surface area contributed by atoms with E-state index in [-0.39, 0.29) is 5.69 Å². The van der Waals surface area contributed by atoms with Crippen LogP contribution in [0.15, 0.2) is 12.1 Å². The molecule has 7 heteroatoms. The van der Waals surface area contributed by atoms with Gasteiger partial charge in [-0.05, 0) is 13.0 Å². The molecule has 0 amide bonds. The molecule has 1 aromatic heterocycles. The number of nitrogens with one attached hydrogen (secondary N) is 1. The van der Waals surface area contributed by atoms with Crippen LogP contribution in [-0.2, 0) is 0 Å². The number of halogens is 1. The first-order valence-corrected chi connectivity index (χ1v) is 5.79. The van der Waals surface area contributed by atoms with Crippen LogP contribution in [0.5, 0.6) is 0 Å². The number of rotatable bonds is 3. The lowest BCUT2D eigenvalue weighted by molar-refractivity contribution is -0.383. The Balaban J connectivity index is 2.65. The number of aromatic nitrogens is 1. The molecule has 84 valence electrons. The van der Waals surface area contributed by atoms with Crippen molar-refractivity contribution in [2.75, 3.05) is 11.9 Å². The standard InChI is InChI=1S/C9H8ClN3O2S/c1-2-11-9-12-8-6(13(14)15)3-5(10)4-7(8)16-9/h3-4H,2H2,1H3,(H,11,12). The molecule has 2 aromatic rings. The molecule has 5 nitrogen and oxygen atoms in total. The average Bonchev–Trinajstić information content (AvgIpc) is 2.59. The van der Waals surface area contributed by atoms with Crippen LogP contribution >= 0.6 is 22.9 Å². The van der Waals surface area contributed by atoms with Gasteiger partial charge in [-0.15, -0.1) is 0 Å². The lowest BCUT2D eigenvalue weighted by Gasteiger charge is -1.93. The number of nitro groups is 1. The van der Waals surface area contributed by atoms with Crippen LogP contribution in [0.3, 0.4) is 0 Å². The lowest BCUT2D eigenvalue weighted by atomic mass is 10.3. The van der Waals surface area contributed by atoms with Crippen molar-refractivity contribution in [3.63, 3.8) is 0 Å². The molecular formula is C9H8ClN3O2S. The van der Waals surface area contributed by atoms with Crippen molar-refractivity contribution in [3.8, 4) is 0 Å². The molecule has 0 fully saturated rings. The highest BCUT2D eigenvalue weighted by Gasteiger charge is 2.17. The molecule has 0 atom stereocenters. The summed E-state index contributed by atoms with van der Waals surface area (Å²) in [5, 5.41) is 14.9. The minimum Gasteiger partial charge on any atom is -0.362 e. The molecule has 0 radical (unpaired) electrons. The molecule has 0 bridgehead atoms. The number of anilines is 1. The summed E-state index contributed by atoms with van der Waals surface area (Å²) in [6.07, 6.45) is 0. The third-order valence-electron chi connectivity index (χ3n) is 1.96.